The van der Waals surface area contributed by atoms with Crippen LogP contribution in [0.1, 0.15) is 16.9 Å². The van der Waals surface area contributed by atoms with Crippen LogP contribution in [0.4, 0.5) is 0 Å². The fourth-order valence-electron chi connectivity index (χ4n) is 2.07. The molecule has 1 unspecified atom stereocenters. The van der Waals surface area contributed by atoms with Crippen molar-refractivity contribution in [2.24, 2.45) is 7.05 Å². The number of nitrogens with one attached hydrogen (secondary N) is 2. The van der Waals surface area contributed by atoms with Crippen LogP contribution in [0.5, 0.6) is 0 Å². The number of hydrogen-bond donors (Lipinski definition) is 2. The normalized spacial score (nSPS) is 18.9. The fourth-order valence-corrected chi connectivity index (χ4v) is 2.07. The van der Waals surface area contributed by atoms with Gasteiger partial charge in [-0.1, -0.05) is 5.21 Å². The van der Waals surface area contributed by atoms with Gasteiger partial charge in [0, 0.05) is 19.6 Å². The lowest BCUT2D eigenvalue weighted by Crippen LogP contribution is -2.36. The Balaban J connectivity index is 1.94. The second-order valence-corrected chi connectivity index (χ2v) is 4.45. The molecular weight excluding hydrogens is 250 g/mol. The van der Waals surface area contributed by atoms with Crippen molar-refractivity contribution < 1.29 is 4.79 Å². The van der Waals surface area contributed by atoms with Crippen LogP contribution in [-0.2, 0) is 7.05 Å². The van der Waals surface area contributed by atoms with E-state index in [4.69, 9.17) is 0 Å². The zero-order chi connectivity index (χ0) is 13.4. The lowest BCUT2D eigenvalue weighted by atomic mass is 10.2. The van der Waals surface area contributed by atoms with Gasteiger partial charge in [0.05, 0.1) is 0 Å². The third-order valence-corrected chi connectivity index (χ3v) is 3.11. The molecule has 1 saturated heterocycles. The molecule has 1 aliphatic rings. The molecule has 1 amide bonds. The highest BCUT2D eigenvalue weighted by atomic mass is 16.2. The minimum Gasteiger partial charge on any atom is -0.347 e. The van der Waals surface area contributed by atoms with Crippen molar-refractivity contribution in [3.05, 3.63) is 22.5 Å². The highest BCUT2D eigenvalue weighted by Gasteiger charge is 2.22. The molecule has 0 radical (unpaired) electrons. The number of carbonyl (C=O) groups is 1. The maximum Gasteiger partial charge on any atom is 0.352 e. The van der Waals surface area contributed by atoms with Gasteiger partial charge in [-0.05, 0) is 13.0 Å². The number of aryl methyl sites for hydroxylation is 1. The smallest absolute Gasteiger partial charge is 0.347 e. The predicted octanol–water partition coefficient (Wildman–Crippen LogP) is -2.09. The van der Waals surface area contributed by atoms with Crippen molar-refractivity contribution >= 4 is 11.6 Å². The predicted molar refractivity (Wildman–Crippen MR) is 64.8 cm³/mol. The summed E-state index contributed by atoms with van der Waals surface area (Å²) in [6.45, 7) is 1.63. The third-order valence-electron chi connectivity index (χ3n) is 3.11. The van der Waals surface area contributed by atoms with Crippen molar-refractivity contribution in [2.45, 2.75) is 12.5 Å². The molecule has 0 saturated carbocycles. The maximum atomic E-state index is 12.1. The summed E-state index contributed by atoms with van der Waals surface area (Å²) in [5.74, 6) is -0.334. The molecule has 1 atom stereocenters. The van der Waals surface area contributed by atoms with Gasteiger partial charge in [-0.15, -0.1) is 5.10 Å². The van der Waals surface area contributed by atoms with E-state index in [9.17, 15) is 9.59 Å². The molecule has 1 fully saturated rings. The summed E-state index contributed by atoms with van der Waals surface area (Å²) in [4.78, 5) is 27.8. The van der Waals surface area contributed by atoms with Crippen molar-refractivity contribution in [2.75, 3.05) is 13.1 Å². The molecule has 19 heavy (non-hydrogen) atoms. The molecule has 3 heterocycles. The van der Waals surface area contributed by atoms with E-state index in [1.807, 2.05) is 0 Å². The van der Waals surface area contributed by atoms with Crippen LogP contribution in [0.15, 0.2) is 11.1 Å². The number of aromatic nitrogens is 5. The highest BCUT2D eigenvalue weighted by molar-refractivity contribution is 5.98. The molecule has 1 aliphatic heterocycles. The maximum absolute atomic E-state index is 12.1. The van der Waals surface area contributed by atoms with Crippen molar-refractivity contribution in [1.82, 2.24) is 35.0 Å². The number of fused-ring (bicyclic) bond motifs is 1. The minimum absolute atomic E-state index is 0.0868. The molecule has 2 aromatic heterocycles. The van der Waals surface area contributed by atoms with Gasteiger partial charge in [0.15, 0.2) is 11.3 Å². The molecule has 0 bridgehead atoms. The summed E-state index contributed by atoms with van der Waals surface area (Å²) >= 11 is 0. The fraction of sp³-hybridized carbons (Fsp3) is 0.500. The SMILES string of the molecule is Cn1nnc2c(C(=O)NC3CCNC3)ncn2c1=O. The van der Waals surface area contributed by atoms with Gasteiger partial charge in [0.25, 0.3) is 5.91 Å². The molecule has 2 aromatic rings. The van der Waals surface area contributed by atoms with Gasteiger partial charge in [0.2, 0.25) is 0 Å². The minimum atomic E-state index is -0.390. The van der Waals surface area contributed by atoms with E-state index in [2.05, 4.69) is 25.9 Å². The number of carbonyl (C=O) groups excluding carboxylic acids is 1. The molecule has 9 nitrogen and oxygen atoms in total. The summed E-state index contributed by atoms with van der Waals surface area (Å²) in [5, 5.41) is 13.5. The van der Waals surface area contributed by atoms with Crippen LogP contribution in [0.25, 0.3) is 5.65 Å². The Labute approximate surface area is 107 Å². The zero-order valence-electron chi connectivity index (χ0n) is 10.3. The number of hydrogen-bond acceptors (Lipinski definition) is 6. The standard InChI is InChI=1S/C10H13N7O2/c1-16-10(19)17-5-12-7(8(17)14-15-16)9(18)13-6-2-3-11-4-6/h5-6,11H,2-4H2,1H3,(H,13,18). The van der Waals surface area contributed by atoms with Crippen LogP contribution >= 0.6 is 0 Å². The molecule has 9 heteroatoms. The van der Waals surface area contributed by atoms with Crippen LogP contribution in [-0.4, -0.2) is 49.4 Å². The summed E-state index contributed by atoms with van der Waals surface area (Å²) in [7, 11) is 1.48. The second-order valence-electron chi connectivity index (χ2n) is 4.45. The first-order chi connectivity index (χ1) is 9.16. The van der Waals surface area contributed by atoms with Gasteiger partial charge >= 0.3 is 5.69 Å². The van der Waals surface area contributed by atoms with Crippen molar-refractivity contribution in [1.29, 1.82) is 0 Å². The quantitative estimate of drug-likeness (QED) is 0.644. The van der Waals surface area contributed by atoms with Gasteiger partial charge in [-0.25, -0.2) is 14.2 Å². The largest absolute Gasteiger partial charge is 0.352 e. The average molecular weight is 263 g/mol. The lowest BCUT2D eigenvalue weighted by Gasteiger charge is -2.09. The summed E-state index contributed by atoms with van der Waals surface area (Å²) in [6.07, 6.45) is 2.17. The van der Waals surface area contributed by atoms with E-state index in [0.29, 0.717) is 0 Å². The van der Waals surface area contributed by atoms with E-state index in [-0.39, 0.29) is 29.0 Å². The average Bonchev–Trinajstić information content (AvgIpc) is 3.02. The first-order valence-electron chi connectivity index (χ1n) is 5.95. The Morgan fingerprint density at radius 2 is 2.42 bits per heavy atom. The molecule has 0 spiro atoms. The van der Waals surface area contributed by atoms with Crippen LogP contribution in [0, 0.1) is 0 Å². The van der Waals surface area contributed by atoms with Crippen LogP contribution in [0.3, 0.4) is 0 Å². The second kappa shape index (κ2) is 4.43. The summed E-state index contributed by atoms with van der Waals surface area (Å²) in [5.41, 5.74) is -0.0947. The molecule has 0 aromatic carbocycles. The molecule has 2 N–H and O–H groups in total. The molecular formula is C10H13N7O2. The van der Waals surface area contributed by atoms with Gasteiger partial charge in [-0.2, -0.15) is 4.68 Å². The van der Waals surface area contributed by atoms with E-state index >= 15 is 0 Å². The Morgan fingerprint density at radius 1 is 1.58 bits per heavy atom. The number of rotatable bonds is 2. The first kappa shape index (κ1) is 11.8. The number of nitrogens with zero attached hydrogens (tertiary/aromatic N) is 5. The van der Waals surface area contributed by atoms with E-state index < -0.39 is 0 Å². The number of imidazole rings is 1. The first-order valence-corrected chi connectivity index (χ1v) is 5.95. The van der Waals surface area contributed by atoms with Crippen molar-refractivity contribution in [3.8, 4) is 0 Å². The Bertz CT molecular complexity index is 683. The summed E-state index contributed by atoms with van der Waals surface area (Å²) < 4.78 is 2.28. The Morgan fingerprint density at radius 3 is 3.16 bits per heavy atom. The molecule has 0 aliphatic carbocycles. The van der Waals surface area contributed by atoms with E-state index in [1.165, 1.54) is 17.8 Å². The van der Waals surface area contributed by atoms with Crippen LogP contribution in [0.2, 0.25) is 0 Å². The molecule has 100 valence electrons. The zero-order valence-corrected chi connectivity index (χ0v) is 10.3. The van der Waals surface area contributed by atoms with E-state index in [1.54, 1.807) is 0 Å². The van der Waals surface area contributed by atoms with Gasteiger partial charge in [-0.3, -0.25) is 4.79 Å². The lowest BCUT2D eigenvalue weighted by molar-refractivity contribution is 0.0937. The Kier molecular flexibility index (Phi) is 2.75. The topological polar surface area (TPSA) is 106 Å². The van der Waals surface area contributed by atoms with Gasteiger partial charge in [0.1, 0.15) is 6.33 Å². The monoisotopic (exact) mass is 263 g/mol. The van der Waals surface area contributed by atoms with Gasteiger partial charge < -0.3 is 10.6 Å². The Hall–Kier alpha value is -2.29. The highest BCUT2D eigenvalue weighted by Crippen LogP contribution is 2.04. The number of amides is 1. The van der Waals surface area contributed by atoms with Crippen LogP contribution < -0.4 is 16.3 Å². The third kappa shape index (κ3) is 1.97. The summed E-state index contributed by atoms with van der Waals surface area (Å²) in [6, 6.07) is 0.0868. The van der Waals surface area contributed by atoms with E-state index in [0.717, 1.165) is 24.2 Å². The van der Waals surface area contributed by atoms with Crippen molar-refractivity contribution in [3.63, 3.8) is 0 Å². The molecule has 3 rings (SSSR count).